The third kappa shape index (κ3) is 5.16. The van der Waals surface area contributed by atoms with E-state index in [9.17, 15) is 14.5 Å². The molecule has 3 aliphatic rings. The topological polar surface area (TPSA) is 85.3 Å². The van der Waals surface area contributed by atoms with Crippen molar-refractivity contribution in [3.05, 3.63) is 39.8 Å². The fourth-order valence-electron chi connectivity index (χ4n) is 4.62. The van der Waals surface area contributed by atoms with Crippen molar-refractivity contribution in [3.63, 3.8) is 0 Å². The average Bonchev–Trinajstić information content (AvgIpc) is 3.21. The molecule has 1 aromatic rings. The number of carbonyl (C=O) groups is 1. The van der Waals surface area contributed by atoms with Crippen LogP contribution >= 0.6 is 0 Å². The fourth-order valence-corrected chi connectivity index (χ4v) is 5.58. The molecule has 7 nitrogen and oxygen atoms in total. The lowest BCUT2D eigenvalue weighted by Crippen LogP contribution is -2.46. The number of ether oxygens (including phenoxy) is 2. The molecule has 31 heavy (non-hydrogen) atoms. The zero-order chi connectivity index (χ0) is 22.0. The van der Waals surface area contributed by atoms with Crippen LogP contribution < -0.4 is 0 Å². The highest BCUT2D eigenvalue weighted by Crippen LogP contribution is 2.32. The fraction of sp³-hybridized carbons (Fsp3) is 0.609. The molecule has 4 rings (SSSR count). The third-order valence-corrected chi connectivity index (χ3v) is 7.74. The molecule has 170 valence electrons. The van der Waals surface area contributed by atoms with Crippen molar-refractivity contribution in [1.29, 1.82) is 0 Å². The molecule has 0 radical (unpaired) electrons. The number of amides is 1. The van der Waals surface area contributed by atoms with Gasteiger partial charge in [0, 0.05) is 44.6 Å². The summed E-state index contributed by atoms with van der Waals surface area (Å²) in [6.07, 6.45) is 4.33. The van der Waals surface area contributed by atoms with E-state index in [1.807, 2.05) is 41.3 Å². The molecule has 8 heteroatoms. The maximum Gasteiger partial charge on any atom is 0.253 e. The van der Waals surface area contributed by atoms with E-state index in [-0.39, 0.29) is 12.0 Å². The van der Waals surface area contributed by atoms with Gasteiger partial charge in [0.2, 0.25) is 0 Å². The Labute approximate surface area is 187 Å². The van der Waals surface area contributed by atoms with Gasteiger partial charge in [-0.1, -0.05) is 0 Å². The van der Waals surface area contributed by atoms with Gasteiger partial charge in [-0.15, -0.1) is 4.31 Å². The first-order chi connectivity index (χ1) is 14.9. The zero-order valence-corrected chi connectivity index (χ0v) is 19.2. The first-order valence-corrected chi connectivity index (χ1v) is 12.2. The van der Waals surface area contributed by atoms with Crippen LogP contribution in [0.25, 0.3) is 6.08 Å². The number of hydrogen-bond acceptors (Lipinski definition) is 6. The summed E-state index contributed by atoms with van der Waals surface area (Å²) in [6.45, 7) is 7.76. The first kappa shape index (κ1) is 22.8. The number of piperidine rings is 2. The molecular formula is C23H32N2O5S. The van der Waals surface area contributed by atoms with Crippen molar-refractivity contribution >= 4 is 23.3 Å². The van der Waals surface area contributed by atoms with Gasteiger partial charge in [-0.25, -0.2) is 0 Å². The summed E-state index contributed by atoms with van der Waals surface area (Å²) in [5.74, 6) is -0.456. The van der Waals surface area contributed by atoms with Gasteiger partial charge in [-0.2, -0.15) is 0 Å². The van der Waals surface area contributed by atoms with Gasteiger partial charge in [0.1, 0.15) is 5.41 Å². The number of aliphatic hydroxyl groups is 1. The third-order valence-electron chi connectivity index (χ3n) is 6.50. The second-order valence-corrected chi connectivity index (χ2v) is 10.0. The first-order valence-electron chi connectivity index (χ1n) is 11.1. The molecule has 0 aromatic heterocycles. The second-order valence-electron chi connectivity index (χ2n) is 8.66. The summed E-state index contributed by atoms with van der Waals surface area (Å²) in [6, 6.07) is 3.81. The van der Waals surface area contributed by atoms with Crippen molar-refractivity contribution in [2.75, 3.05) is 39.4 Å². The Morgan fingerprint density at radius 1 is 1.13 bits per heavy atom. The van der Waals surface area contributed by atoms with E-state index < -0.39 is 17.1 Å². The smallest absolute Gasteiger partial charge is 0.253 e. The van der Waals surface area contributed by atoms with E-state index in [0.29, 0.717) is 57.8 Å². The molecular weight excluding hydrogens is 416 g/mol. The molecule has 0 saturated carbocycles. The van der Waals surface area contributed by atoms with E-state index >= 15 is 0 Å². The largest absolute Gasteiger partial charge is 0.593 e. The molecule has 3 aliphatic heterocycles. The molecule has 3 saturated heterocycles. The molecule has 0 bridgehead atoms. The Balaban J connectivity index is 1.39. The Morgan fingerprint density at radius 2 is 1.71 bits per heavy atom. The summed E-state index contributed by atoms with van der Waals surface area (Å²) in [5, 5.41) is 11.4. The molecule has 1 amide bonds. The molecule has 1 atom stereocenters. The van der Waals surface area contributed by atoms with Gasteiger partial charge in [-0.3, -0.25) is 4.79 Å². The monoisotopic (exact) mass is 448 g/mol. The van der Waals surface area contributed by atoms with Gasteiger partial charge in [0.25, 0.3) is 5.91 Å². The quantitative estimate of drug-likeness (QED) is 0.712. The molecule has 1 N–H and O–H groups in total. The number of carbonyl (C=O) groups excluding carboxylic acids is 1. The van der Waals surface area contributed by atoms with Gasteiger partial charge in [0.15, 0.2) is 5.79 Å². The second kappa shape index (κ2) is 9.60. The summed E-state index contributed by atoms with van der Waals surface area (Å²) in [7, 11) is 0. The number of nitrogens with zero attached hydrogens (tertiary/aromatic N) is 2. The molecule has 1 spiro atoms. The zero-order valence-electron chi connectivity index (χ0n) is 18.3. The summed E-state index contributed by atoms with van der Waals surface area (Å²) in [4.78, 5) is 14.7. The Bertz CT molecular complexity index is 798. The lowest BCUT2D eigenvalue weighted by Gasteiger charge is -2.36. The van der Waals surface area contributed by atoms with Crippen LogP contribution in [0.15, 0.2) is 17.5 Å². The van der Waals surface area contributed by atoms with Crippen LogP contribution in [-0.2, 0) is 20.8 Å². The highest BCUT2D eigenvalue weighted by Gasteiger charge is 2.42. The SMILES string of the molecule is Cc1cc(C(=O)N2CCC(O)CC2)cc(C)c1/C=C/[S+]([O-])N1CCC2(CC1)OCCO2. The van der Waals surface area contributed by atoms with Crippen molar-refractivity contribution < 1.29 is 23.9 Å². The summed E-state index contributed by atoms with van der Waals surface area (Å²) >= 11 is -1.22. The van der Waals surface area contributed by atoms with Crippen LogP contribution in [0.1, 0.15) is 52.7 Å². The highest BCUT2D eigenvalue weighted by molar-refractivity contribution is 7.92. The number of hydrogen-bond donors (Lipinski definition) is 1. The Kier molecular flexibility index (Phi) is 7.05. The Morgan fingerprint density at radius 3 is 2.29 bits per heavy atom. The molecule has 1 unspecified atom stereocenters. The van der Waals surface area contributed by atoms with Gasteiger partial charge >= 0.3 is 0 Å². The van der Waals surface area contributed by atoms with Crippen molar-refractivity contribution in [2.24, 2.45) is 0 Å². The lowest BCUT2D eigenvalue weighted by atomic mass is 9.98. The van der Waals surface area contributed by atoms with E-state index in [2.05, 4.69) is 0 Å². The van der Waals surface area contributed by atoms with Crippen LogP contribution in [0.4, 0.5) is 0 Å². The van der Waals surface area contributed by atoms with E-state index in [1.165, 1.54) is 0 Å². The van der Waals surface area contributed by atoms with Crippen molar-refractivity contribution in [1.82, 2.24) is 9.21 Å². The minimum atomic E-state index is -1.22. The van der Waals surface area contributed by atoms with E-state index in [4.69, 9.17) is 9.47 Å². The highest BCUT2D eigenvalue weighted by atomic mass is 32.2. The Hall–Kier alpha value is -1.42. The standard InChI is InChI=1S/C23H32N2O5S/c1-17-15-19(22(27)24-8-3-20(26)4-9-24)16-18(2)21(17)5-14-31(28)25-10-6-23(7-11-25)29-12-13-30-23/h5,14-16,20,26H,3-4,6-13H2,1-2H3/b14-5+. The van der Waals surface area contributed by atoms with Crippen LogP contribution in [0.5, 0.6) is 0 Å². The predicted octanol–water partition coefficient (Wildman–Crippen LogP) is 2.37. The lowest BCUT2D eigenvalue weighted by molar-refractivity contribution is -0.179. The maximum atomic E-state index is 12.9. The predicted molar refractivity (Wildman–Crippen MR) is 120 cm³/mol. The van der Waals surface area contributed by atoms with Crippen molar-refractivity contribution in [2.45, 2.75) is 51.4 Å². The van der Waals surface area contributed by atoms with Gasteiger partial charge < -0.3 is 24.0 Å². The number of aliphatic hydroxyl groups excluding tert-OH is 1. The normalized spacial score (nSPS) is 23.7. The number of benzene rings is 1. The molecule has 3 heterocycles. The number of rotatable bonds is 4. The van der Waals surface area contributed by atoms with Gasteiger partial charge in [0.05, 0.1) is 30.7 Å². The van der Waals surface area contributed by atoms with E-state index in [0.717, 1.165) is 29.5 Å². The minimum absolute atomic E-state index is 0.0100. The minimum Gasteiger partial charge on any atom is -0.593 e. The molecule has 1 aromatic carbocycles. The number of aryl methyl sites for hydroxylation is 2. The molecule has 3 fully saturated rings. The van der Waals surface area contributed by atoms with Crippen LogP contribution in [0.2, 0.25) is 0 Å². The average molecular weight is 449 g/mol. The van der Waals surface area contributed by atoms with Crippen LogP contribution in [-0.4, -0.2) is 76.1 Å². The van der Waals surface area contributed by atoms with E-state index in [1.54, 1.807) is 5.41 Å². The maximum absolute atomic E-state index is 12.9. The summed E-state index contributed by atoms with van der Waals surface area (Å²) < 4.78 is 26.2. The molecule has 0 aliphatic carbocycles. The summed E-state index contributed by atoms with van der Waals surface area (Å²) in [5.41, 5.74) is 3.63. The number of likely N-dealkylation sites (tertiary alicyclic amines) is 1. The van der Waals surface area contributed by atoms with Crippen LogP contribution in [0.3, 0.4) is 0 Å². The van der Waals surface area contributed by atoms with Gasteiger partial charge in [-0.05, 0) is 61.6 Å². The van der Waals surface area contributed by atoms with Crippen LogP contribution in [0, 0.1) is 13.8 Å². The van der Waals surface area contributed by atoms with Crippen molar-refractivity contribution in [3.8, 4) is 0 Å².